The van der Waals surface area contributed by atoms with E-state index in [1.807, 2.05) is 84.9 Å². The second-order valence-electron chi connectivity index (χ2n) is 10.0. The molecule has 5 nitrogen and oxygen atoms in total. The quantitative estimate of drug-likeness (QED) is 0.180. The molecule has 6 heteroatoms. The van der Waals surface area contributed by atoms with Crippen molar-refractivity contribution in [2.45, 2.75) is 12.5 Å². The predicted octanol–water partition coefficient (Wildman–Crippen LogP) is 8.66. The van der Waals surface area contributed by atoms with E-state index in [1.54, 1.807) is 4.80 Å². The fourth-order valence-corrected chi connectivity index (χ4v) is 6.18. The van der Waals surface area contributed by atoms with Crippen LogP contribution in [0, 0.1) is 6.92 Å². The molecule has 7 rings (SSSR count). The molecule has 198 valence electrons. The first-order chi connectivity index (χ1) is 20.2. The summed E-state index contributed by atoms with van der Waals surface area (Å²) < 4.78 is 7.26. The Kier molecular flexibility index (Phi) is 6.33. The highest BCUT2D eigenvalue weighted by atomic mass is 79.9. The summed E-state index contributed by atoms with van der Waals surface area (Å²) in [7, 11) is 0. The van der Waals surface area contributed by atoms with E-state index in [2.05, 4.69) is 76.5 Å². The molecule has 0 saturated carbocycles. The Morgan fingerprint density at radius 2 is 1.20 bits per heavy atom. The number of rotatable bonds is 6. The summed E-state index contributed by atoms with van der Waals surface area (Å²) in [6, 6.07) is 45.2. The number of furan rings is 1. The van der Waals surface area contributed by atoms with Crippen LogP contribution in [0.3, 0.4) is 0 Å². The first-order valence-electron chi connectivity index (χ1n) is 13.4. The molecule has 0 aliphatic carbocycles. The Balaban J connectivity index is 1.45. The number of aromatic nitrogens is 4. The highest BCUT2D eigenvalue weighted by Crippen LogP contribution is 2.43. The van der Waals surface area contributed by atoms with Gasteiger partial charge in [-0.25, -0.2) is 0 Å². The molecule has 0 unspecified atom stereocenters. The maximum atomic E-state index is 6.35. The van der Waals surface area contributed by atoms with E-state index in [1.165, 1.54) is 5.56 Å². The summed E-state index contributed by atoms with van der Waals surface area (Å²) in [5.74, 6) is 1.24. The Bertz CT molecular complexity index is 1870. The van der Waals surface area contributed by atoms with Crippen LogP contribution >= 0.6 is 15.9 Å². The molecule has 0 saturated heterocycles. The van der Waals surface area contributed by atoms with Gasteiger partial charge in [0.2, 0.25) is 5.82 Å². The van der Waals surface area contributed by atoms with Gasteiger partial charge in [-0.15, -0.1) is 15.0 Å². The van der Waals surface area contributed by atoms with Gasteiger partial charge in [-0.3, -0.25) is 0 Å². The maximum Gasteiger partial charge on any atom is 0.205 e. The molecule has 0 bridgehead atoms. The normalized spacial score (nSPS) is 11.7. The fraction of sp³-hybridized carbons (Fsp3) is 0.0571. The zero-order valence-corrected chi connectivity index (χ0v) is 23.9. The number of aryl methyl sites for hydroxylation is 1. The van der Waals surface area contributed by atoms with Crippen LogP contribution in [0.2, 0.25) is 0 Å². The molecule has 0 aliphatic rings. The number of nitrogens with zero attached hydrogens (tertiary/aromatic N) is 4. The molecule has 0 radical (unpaired) electrons. The SMILES string of the molecule is Cc1ccc2oc(-c3ccccc3-c3nnn(C(c4ccccc4)(c4ccccc4)c4ccccc4)n3)c(Br)c2c1. The minimum atomic E-state index is -0.846. The van der Waals surface area contributed by atoms with Gasteiger partial charge in [0, 0.05) is 16.5 Å². The van der Waals surface area contributed by atoms with Crippen molar-refractivity contribution in [2.24, 2.45) is 0 Å². The van der Waals surface area contributed by atoms with Crippen molar-refractivity contribution >= 4 is 26.9 Å². The minimum absolute atomic E-state index is 0.510. The molecule has 7 aromatic rings. The molecule has 0 amide bonds. The Hall–Kier alpha value is -4.81. The molecular weight excluding hydrogens is 572 g/mol. The largest absolute Gasteiger partial charge is 0.455 e. The van der Waals surface area contributed by atoms with Crippen molar-refractivity contribution in [2.75, 3.05) is 0 Å². The zero-order chi connectivity index (χ0) is 27.8. The van der Waals surface area contributed by atoms with Crippen LogP contribution in [0.1, 0.15) is 22.3 Å². The number of hydrogen-bond donors (Lipinski definition) is 0. The Morgan fingerprint density at radius 3 is 1.78 bits per heavy atom. The van der Waals surface area contributed by atoms with Gasteiger partial charge in [-0.2, -0.15) is 0 Å². The molecule has 2 aromatic heterocycles. The summed E-state index contributed by atoms with van der Waals surface area (Å²) in [5, 5.41) is 15.5. The third-order valence-corrected chi connectivity index (χ3v) is 8.27. The minimum Gasteiger partial charge on any atom is -0.455 e. The molecule has 2 heterocycles. The maximum absolute atomic E-state index is 6.35. The van der Waals surface area contributed by atoms with Crippen molar-refractivity contribution < 1.29 is 4.42 Å². The number of tetrazole rings is 1. The van der Waals surface area contributed by atoms with Crippen LogP contribution in [0.4, 0.5) is 0 Å². The van der Waals surface area contributed by atoms with E-state index in [4.69, 9.17) is 14.7 Å². The van der Waals surface area contributed by atoms with Crippen molar-refractivity contribution in [3.63, 3.8) is 0 Å². The lowest BCUT2D eigenvalue weighted by molar-refractivity contribution is 0.396. The zero-order valence-electron chi connectivity index (χ0n) is 22.3. The second kappa shape index (κ2) is 10.3. The van der Waals surface area contributed by atoms with Gasteiger partial charge < -0.3 is 4.42 Å². The van der Waals surface area contributed by atoms with Gasteiger partial charge in [-0.05, 0) is 56.9 Å². The number of fused-ring (bicyclic) bond motifs is 1. The van der Waals surface area contributed by atoms with Crippen molar-refractivity contribution in [3.05, 3.63) is 160 Å². The van der Waals surface area contributed by atoms with Gasteiger partial charge in [-0.1, -0.05) is 127 Å². The lowest BCUT2D eigenvalue weighted by Crippen LogP contribution is -2.39. The third kappa shape index (κ3) is 4.19. The molecule has 0 fully saturated rings. The summed E-state index contributed by atoms with van der Waals surface area (Å²) >= 11 is 3.80. The summed E-state index contributed by atoms with van der Waals surface area (Å²) in [5.41, 5.74) is 5.96. The van der Waals surface area contributed by atoms with Gasteiger partial charge in [0.1, 0.15) is 11.3 Å². The molecule has 5 aromatic carbocycles. The topological polar surface area (TPSA) is 56.7 Å². The first kappa shape index (κ1) is 25.2. The summed E-state index contributed by atoms with van der Waals surface area (Å²) in [6.45, 7) is 2.08. The van der Waals surface area contributed by atoms with Crippen molar-refractivity contribution in [1.82, 2.24) is 20.2 Å². The average Bonchev–Trinajstić information content (AvgIpc) is 3.64. The molecule has 0 N–H and O–H groups in total. The molecule has 0 spiro atoms. The van der Waals surface area contributed by atoms with Crippen LogP contribution < -0.4 is 0 Å². The Morgan fingerprint density at radius 1 is 0.659 bits per heavy atom. The van der Waals surface area contributed by atoms with E-state index in [9.17, 15) is 0 Å². The van der Waals surface area contributed by atoms with Crippen LogP contribution in [0.25, 0.3) is 33.7 Å². The molecular formula is C35H25BrN4O. The second-order valence-corrected chi connectivity index (χ2v) is 10.8. The van der Waals surface area contributed by atoms with Crippen molar-refractivity contribution in [3.8, 4) is 22.7 Å². The van der Waals surface area contributed by atoms with Crippen molar-refractivity contribution in [1.29, 1.82) is 0 Å². The lowest BCUT2D eigenvalue weighted by atomic mass is 9.77. The highest BCUT2D eigenvalue weighted by molar-refractivity contribution is 9.10. The fourth-order valence-electron chi connectivity index (χ4n) is 5.58. The van der Waals surface area contributed by atoms with Crippen LogP contribution in [0.5, 0.6) is 0 Å². The van der Waals surface area contributed by atoms with Gasteiger partial charge in [0.25, 0.3) is 0 Å². The van der Waals surface area contributed by atoms with E-state index in [-0.39, 0.29) is 0 Å². The third-order valence-electron chi connectivity index (χ3n) is 7.48. The van der Waals surface area contributed by atoms with E-state index >= 15 is 0 Å². The van der Waals surface area contributed by atoms with Gasteiger partial charge in [0.05, 0.1) is 4.47 Å². The number of benzene rings is 5. The van der Waals surface area contributed by atoms with Crippen LogP contribution in [-0.2, 0) is 5.54 Å². The molecule has 0 atom stereocenters. The monoisotopic (exact) mass is 596 g/mol. The standard InChI is InChI=1S/C35H25BrN4O/c1-24-21-22-31-30(23-24)32(36)33(41-31)28-19-11-12-20-29(28)34-37-39-40(38-34)35(25-13-5-2-6-14-25,26-15-7-3-8-16-26)27-17-9-4-10-18-27/h2-23H,1H3. The Labute approximate surface area is 246 Å². The lowest BCUT2D eigenvalue weighted by Gasteiger charge is -2.34. The van der Waals surface area contributed by atoms with Crippen LogP contribution in [-0.4, -0.2) is 20.2 Å². The highest BCUT2D eigenvalue weighted by Gasteiger charge is 2.41. The summed E-state index contributed by atoms with van der Waals surface area (Å²) in [4.78, 5) is 1.75. The van der Waals surface area contributed by atoms with E-state index in [0.29, 0.717) is 5.82 Å². The molecule has 0 aliphatic heterocycles. The van der Waals surface area contributed by atoms with Crippen LogP contribution in [0.15, 0.2) is 142 Å². The first-order valence-corrected chi connectivity index (χ1v) is 14.2. The predicted molar refractivity (Wildman–Crippen MR) is 166 cm³/mol. The van der Waals surface area contributed by atoms with E-state index < -0.39 is 5.54 Å². The number of halogens is 1. The van der Waals surface area contributed by atoms with Gasteiger partial charge in [0.15, 0.2) is 5.54 Å². The number of hydrogen-bond acceptors (Lipinski definition) is 4. The van der Waals surface area contributed by atoms with E-state index in [0.717, 1.165) is 49.0 Å². The summed E-state index contributed by atoms with van der Waals surface area (Å²) in [6.07, 6.45) is 0. The molecule has 41 heavy (non-hydrogen) atoms. The average molecular weight is 598 g/mol. The smallest absolute Gasteiger partial charge is 0.205 e. The van der Waals surface area contributed by atoms with Gasteiger partial charge >= 0.3 is 0 Å².